The first-order chi connectivity index (χ1) is 10.6. The molecule has 0 aromatic carbocycles. The zero-order valence-electron chi connectivity index (χ0n) is 12.3. The maximum Gasteiger partial charge on any atom is 0.469 e. The van der Waals surface area contributed by atoms with Crippen molar-refractivity contribution < 1.29 is 33.5 Å². The Morgan fingerprint density at radius 3 is 2.65 bits per heavy atom. The van der Waals surface area contributed by atoms with Crippen molar-refractivity contribution in [3.05, 3.63) is 32.6 Å². The molecule has 0 unspecified atom stereocenters. The number of ether oxygens (including phenoxy) is 2. The lowest BCUT2D eigenvalue weighted by molar-refractivity contribution is -0.0621. The number of nitrogens with zero attached hydrogens (tertiary/aromatic N) is 1. The second kappa shape index (κ2) is 6.65. The fourth-order valence-electron chi connectivity index (χ4n) is 2.28. The topological polar surface area (TPSA) is 160 Å². The number of H-pyrrole nitrogens is 1. The number of phosphoric ester groups is 1. The van der Waals surface area contributed by atoms with Gasteiger partial charge in [-0.2, -0.15) is 0 Å². The number of nitrogens with one attached hydrogen (secondary N) is 1. The summed E-state index contributed by atoms with van der Waals surface area (Å²) in [4.78, 5) is 42.8. The SMILES string of the molecule is CO[C@H]1[C@H](O)[C@@H](COP(=O)(O)O)O[C@H]1n1cc(C)c(=O)[nH]c1=O. The first-order valence-corrected chi connectivity index (χ1v) is 8.05. The van der Waals surface area contributed by atoms with Crippen LogP contribution in [0.25, 0.3) is 0 Å². The Kier molecular flexibility index (Phi) is 5.21. The van der Waals surface area contributed by atoms with Crippen molar-refractivity contribution in [3.63, 3.8) is 0 Å². The fraction of sp³-hybridized carbons (Fsp3) is 0.636. The van der Waals surface area contributed by atoms with E-state index in [1.807, 2.05) is 0 Å². The van der Waals surface area contributed by atoms with E-state index >= 15 is 0 Å². The molecule has 130 valence electrons. The Morgan fingerprint density at radius 2 is 2.09 bits per heavy atom. The van der Waals surface area contributed by atoms with Gasteiger partial charge < -0.3 is 24.4 Å². The third-order valence-corrected chi connectivity index (χ3v) is 3.90. The quantitative estimate of drug-likeness (QED) is 0.449. The van der Waals surface area contributed by atoms with E-state index in [1.165, 1.54) is 20.2 Å². The summed E-state index contributed by atoms with van der Waals surface area (Å²) in [6.45, 7) is 0.884. The fourth-order valence-corrected chi connectivity index (χ4v) is 2.62. The van der Waals surface area contributed by atoms with E-state index in [9.17, 15) is 19.3 Å². The van der Waals surface area contributed by atoms with Gasteiger partial charge in [0.15, 0.2) is 6.23 Å². The Morgan fingerprint density at radius 1 is 1.43 bits per heavy atom. The van der Waals surface area contributed by atoms with E-state index in [0.717, 1.165) is 4.57 Å². The highest BCUT2D eigenvalue weighted by Gasteiger charge is 2.46. The van der Waals surface area contributed by atoms with Crippen LogP contribution in [0, 0.1) is 6.92 Å². The number of aromatic nitrogens is 2. The van der Waals surface area contributed by atoms with Crippen LogP contribution in [0.3, 0.4) is 0 Å². The maximum absolute atomic E-state index is 11.9. The van der Waals surface area contributed by atoms with Gasteiger partial charge in [0.25, 0.3) is 5.56 Å². The summed E-state index contributed by atoms with van der Waals surface area (Å²) in [5, 5.41) is 10.1. The minimum absolute atomic E-state index is 0.243. The Balaban J connectivity index is 2.29. The van der Waals surface area contributed by atoms with Gasteiger partial charge in [0, 0.05) is 18.9 Å². The van der Waals surface area contributed by atoms with Crippen molar-refractivity contribution in [2.75, 3.05) is 13.7 Å². The summed E-state index contributed by atoms with van der Waals surface area (Å²) in [5.41, 5.74) is -1.08. The van der Waals surface area contributed by atoms with Gasteiger partial charge in [-0.1, -0.05) is 0 Å². The van der Waals surface area contributed by atoms with Gasteiger partial charge in [-0.25, -0.2) is 9.36 Å². The molecule has 12 heteroatoms. The van der Waals surface area contributed by atoms with Gasteiger partial charge in [-0.05, 0) is 6.92 Å². The highest BCUT2D eigenvalue weighted by molar-refractivity contribution is 7.46. The first kappa shape index (κ1) is 18.0. The lowest BCUT2D eigenvalue weighted by Crippen LogP contribution is -2.39. The summed E-state index contributed by atoms with van der Waals surface area (Å²) >= 11 is 0. The molecule has 0 radical (unpaired) electrons. The zero-order valence-corrected chi connectivity index (χ0v) is 13.2. The summed E-state index contributed by atoms with van der Waals surface area (Å²) in [6.07, 6.45) is -3.27. The summed E-state index contributed by atoms with van der Waals surface area (Å²) in [6, 6.07) is 0. The molecule has 2 heterocycles. The third-order valence-electron chi connectivity index (χ3n) is 3.41. The van der Waals surface area contributed by atoms with Crippen LogP contribution in [0.2, 0.25) is 0 Å². The van der Waals surface area contributed by atoms with Crippen LogP contribution in [0.1, 0.15) is 11.8 Å². The molecule has 0 bridgehead atoms. The summed E-state index contributed by atoms with van der Waals surface area (Å²) < 4.78 is 26.6. The van der Waals surface area contributed by atoms with E-state index in [2.05, 4.69) is 9.51 Å². The van der Waals surface area contributed by atoms with Gasteiger partial charge in [0.05, 0.1) is 6.61 Å². The molecule has 1 saturated heterocycles. The molecule has 1 aliphatic rings. The zero-order chi connectivity index (χ0) is 17.4. The van der Waals surface area contributed by atoms with Crippen LogP contribution in [0.4, 0.5) is 0 Å². The molecule has 1 aromatic heterocycles. The smallest absolute Gasteiger partial charge is 0.387 e. The van der Waals surface area contributed by atoms with E-state index in [-0.39, 0.29) is 5.56 Å². The second-order valence-electron chi connectivity index (χ2n) is 5.02. The van der Waals surface area contributed by atoms with Gasteiger partial charge in [0.2, 0.25) is 0 Å². The first-order valence-electron chi connectivity index (χ1n) is 6.52. The average Bonchev–Trinajstić information content (AvgIpc) is 2.76. The van der Waals surface area contributed by atoms with Gasteiger partial charge in [-0.15, -0.1) is 0 Å². The van der Waals surface area contributed by atoms with Crippen molar-refractivity contribution in [3.8, 4) is 0 Å². The predicted octanol–water partition coefficient (Wildman–Crippen LogP) is -1.77. The molecule has 1 aliphatic heterocycles. The number of aliphatic hydroxyl groups is 1. The Labute approximate surface area is 129 Å². The molecular weight excluding hydrogens is 335 g/mol. The molecular formula is C11H17N2O9P. The molecule has 4 N–H and O–H groups in total. The number of aryl methyl sites for hydroxylation is 1. The van der Waals surface area contributed by atoms with Crippen LogP contribution < -0.4 is 11.2 Å². The van der Waals surface area contributed by atoms with Crippen LogP contribution in [0.5, 0.6) is 0 Å². The van der Waals surface area contributed by atoms with Crippen LogP contribution in [-0.2, 0) is 18.6 Å². The average molecular weight is 352 g/mol. The molecule has 1 fully saturated rings. The van der Waals surface area contributed by atoms with Gasteiger partial charge in [0.1, 0.15) is 18.3 Å². The number of phosphoric acid groups is 1. The molecule has 0 amide bonds. The number of methoxy groups -OCH3 is 1. The van der Waals surface area contributed by atoms with E-state index in [4.69, 9.17) is 19.3 Å². The van der Waals surface area contributed by atoms with Crippen molar-refractivity contribution in [1.82, 2.24) is 9.55 Å². The van der Waals surface area contributed by atoms with E-state index in [1.54, 1.807) is 0 Å². The van der Waals surface area contributed by atoms with E-state index < -0.39 is 50.2 Å². The molecule has 23 heavy (non-hydrogen) atoms. The van der Waals surface area contributed by atoms with E-state index in [0.29, 0.717) is 0 Å². The minimum atomic E-state index is -4.74. The number of hydrogen-bond acceptors (Lipinski definition) is 7. The highest BCUT2D eigenvalue weighted by atomic mass is 31.2. The van der Waals surface area contributed by atoms with Crippen LogP contribution in [0.15, 0.2) is 15.8 Å². The lowest BCUT2D eigenvalue weighted by atomic mass is 10.1. The maximum atomic E-state index is 11.9. The number of hydrogen-bond donors (Lipinski definition) is 4. The minimum Gasteiger partial charge on any atom is -0.387 e. The number of aliphatic hydroxyl groups excluding tert-OH is 1. The van der Waals surface area contributed by atoms with Gasteiger partial charge in [-0.3, -0.25) is 18.9 Å². The standard InChI is InChI=1S/C11H17N2O9P/c1-5-3-13(11(16)12-9(5)15)10-8(20-2)7(14)6(22-10)4-21-23(17,18)19/h3,6-8,10,14H,4H2,1-2H3,(H,12,15,16)(H2,17,18,19)/t6-,7-,8+,10-/m1/s1. The Hall–Kier alpha value is -1.33. The van der Waals surface area contributed by atoms with Crippen LogP contribution >= 0.6 is 7.82 Å². The lowest BCUT2D eigenvalue weighted by Gasteiger charge is -2.20. The van der Waals surface area contributed by atoms with Crippen molar-refractivity contribution in [2.24, 2.45) is 0 Å². The van der Waals surface area contributed by atoms with Crippen molar-refractivity contribution >= 4 is 7.82 Å². The third kappa shape index (κ3) is 3.96. The molecule has 11 nitrogen and oxygen atoms in total. The molecule has 0 aliphatic carbocycles. The predicted molar refractivity (Wildman–Crippen MR) is 74.8 cm³/mol. The monoisotopic (exact) mass is 352 g/mol. The molecule has 0 spiro atoms. The molecule has 1 aromatic rings. The Bertz CT molecular complexity index is 723. The summed E-state index contributed by atoms with van der Waals surface area (Å²) in [5.74, 6) is 0. The largest absolute Gasteiger partial charge is 0.469 e. The number of rotatable bonds is 5. The van der Waals surface area contributed by atoms with Crippen molar-refractivity contribution in [1.29, 1.82) is 0 Å². The van der Waals surface area contributed by atoms with Crippen molar-refractivity contribution in [2.45, 2.75) is 31.5 Å². The molecule has 4 atom stereocenters. The molecule has 2 rings (SSSR count). The normalized spacial score (nSPS) is 28.2. The van der Waals surface area contributed by atoms with Crippen LogP contribution in [-0.4, -0.2) is 56.5 Å². The highest BCUT2D eigenvalue weighted by Crippen LogP contribution is 2.38. The number of aromatic amines is 1. The molecule has 0 saturated carbocycles. The second-order valence-corrected chi connectivity index (χ2v) is 6.26. The van der Waals surface area contributed by atoms with Gasteiger partial charge >= 0.3 is 13.5 Å². The summed E-state index contributed by atoms with van der Waals surface area (Å²) in [7, 11) is -3.46.